The summed E-state index contributed by atoms with van der Waals surface area (Å²) in [5.41, 5.74) is 1.90. The standard InChI is InChI=1S/C17H12N2OS/c20-17-14-8-10-21-16(14)7-9-19(17)11-13-6-5-12-3-1-2-4-15(12)18-13/h1-10H,11H2. The molecule has 1 aromatic carbocycles. The minimum atomic E-state index is 0.0451. The van der Waals surface area contributed by atoms with Crippen molar-refractivity contribution in [1.82, 2.24) is 9.55 Å². The van der Waals surface area contributed by atoms with E-state index in [1.807, 2.05) is 60.1 Å². The minimum Gasteiger partial charge on any atom is -0.309 e. The zero-order chi connectivity index (χ0) is 14.2. The van der Waals surface area contributed by atoms with Crippen molar-refractivity contribution in [1.29, 1.82) is 0 Å². The van der Waals surface area contributed by atoms with Crippen molar-refractivity contribution in [3.63, 3.8) is 0 Å². The minimum absolute atomic E-state index is 0.0451. The van der Waals surface area contributed by atoms with Crippen molar-refractivity contribution in [2.24, 2.45) is 0 Å². The predicted octanol–water partition coefficient (Wildman–Crippen LogP) is 3.66. The Balaban J connectivity index is 1.78. The largest absolute Gasteiger partial charge is 0.309 e. The third-order valence-corrected chi connectivity index (χ3v) is 4.46. The number of hydrogen-bond acceptors (Lipinski definition) is 3. The van der Waals surface area contributed by atoms with Crippen LogP contribution in [0.5, 0.6) is 0 Å². The highest BCUT2D eigenvalue weighted by atomic mass is 32.1. The fraction of sp³-hybridized carbons (Fsp3) is 0.0588. The van der Waals surface area contributed by atoms with Gasteiger partial charge >= 0.3 is 0 Å². The molecular weight excluding hydrogens is 280 g/mol. The Morgan fingerprint density at radius 1 is 1.05 bits per heavy atom. The number of rotatable bonds is 2. The quantitative estimate of drug-likeness (QED) is 0.565. The molecule has 4 aromatic rings. The molecule has 4 rings (SSSR count). The third kappa shape index (κ3) is 2.14. The van der Waals surface area contributed by atoms with Gasteiger partial charge < -0.3 is 4.57 Å². The Morgan fingerprint density at radius 2 is 1.95 bits per heavy atom. The zero-order valence-electron chi connectivity index (χ0n) is 11.2. The van der Waals surface area contributed by atoms with Gasteiger partial charge in [0.05, 0.1) is 23.1 Å². The molecular formula is C17H12N2OS. The van der Waals surface area contributed by atoms with Crippen LogP contribution < -0.4 is 5.56 Å². The number of fused-ring (bicyclic) bond motifs is 2. The first-order chi connectivity index (χ1) is 10.3. The number of nitrogens with zero attached hydrogens (tertiary/aromatic N) is 2. The van der Waals surface area contributed by atoms with E-state index in [0.717, 1.165) is 26.7 Å². The molecule has 3 nitrogen and oxygen atoms in total. The monoisotopic (exact) mass is 292 g/mol. The van der Waals surface area contributed by atoms with Gasteiger partial charge in [-0.05, 0) is 29.6 Å². The van der Waals surface area contributed by atoms with Crippen LogP contribution in [0, 0.1) is 0 Å². The van der Waals surface area contributed by atoms with Crippen molar-refractivity contribution in [2.75, 3.05) is 0 Å². The average molecular weight is 292 g/mol. The van der Waals surface area contributed by atoms with E-state index in [1.54, 1.807) is 15.9 Å². The highest BCUT2D eigenvalue weighted by Gasteiger charge is 2.05. The van der Waals surface area contributed by atoms with Gasteiger partial charge in [-0.25, -0.2) is 0 Å². The number of pyridine rings is 2. The van der Waals surface area contributed by atoms with E-state index in [-0.39, 0.29) is 5.56 Å². The van der Waals surface area contributed by atoms with E-state index in [4.69, 9.17) is 0 Å². The molecule has 0 N–H and O–H groups in total. The highest BCUT2D eigenvalue weighted by Crippen LogP contribution is 2.17. The van der Waals surface area contributed by atoms with Crippen LogP contribution in [0.3, 0.4) is 0 Å². The van der Waals surface area contributed by atoms with Crippen LogP contribution in [-0.2, 0) is 6.54 Å². The summed E-state index contributed by atoms with van der Waals surface area (Å²) in [6, 6.07) is 15.9. The molecule has 0 fully saturated rings. The topological polar surface area (TPSA) is 34.9 Å². The van der Waals surface area contributed by atoms with E-state index in [0.29, 0.717) is 6.54 Å². The summed E-state index contributed by atoms with van der Waals surface area (Å²) in [5.74, 6) is 0. The number of para-hydroxylation sites is 1. The molecule has 0 saturated heterocycles. The van der Waals surface area contributed by atoms with Crippen molar-refractivity contribution >= 4 is 32.3 Å². The SMILES string of the molecule is O=c1c2ccsc2ccn1Cc1ccc2ccccc2n1. The van der Waals surface area contributed by atoms with Gasteiger partial charge in [0.2, 0.25) is 0 Å². The molecule has 21 heavy (non-hydrogen) atoms. The van der Waals surface area contributed by atoms with Crippen LogP contribution in [0.25, 0.3) is 21.0 Å². The lowest BCUT2D eigenvalue weighted by Gasteiger charge is -2.06. The second-order valence-corrected chi connectivity index (χ2v) is 5.89. The zero-order valence-corrected chi connectivity index (χ0v) is 12.0. The van der Waals surface area contributed by atoms with Crippen LogP contribution in [0.2, 0.25) is 0 Å². The van der Waals surface area contributed by atoms with Crippen molar-refractivity contribution < 1.29 is 0 Å². The summed E-state index contributed by atoms with van der Waals surface area (Å²) in [7, 11) is 0. The number of benzene rings is 1. The van der Waals surface area contributed by atoms with E-state index in [9.17, 15) is 4.79 Å². The molecule has 0 atom stereocenters. The molecule has 0 bridgehead atoms. The van der Waals surface area contributed by atoms with Crippen LogP contribution in [0.15, 0.2) is 64.9 Å². The van der Waals surface area contributed by atoms with Crippen LogP contribution in [-0.4, -0.2) is 9.55 Å². The lowest BCUT2D eigenvalue weighted by Crippen LogP contribution is -2.19. The van der Waals surface area contributed by atoms with E-state index in [1.165, 1.54) is 0 Å². The molecule has 0 aliphatic carbocycles. The Bertz CT molecular complexity index is 1000. The molecule has 102 valence electrons. The van der Waals surface area contributed by atoms with Gasteiger partial charge in [0, 0.05) is 16.3 Å². The Labute approximate surface area is 125 Å². The maximum atomic E-state index is 12.4. The molecule has 3 aromatic heterocycles. The fourth-order valence-electron chi connectivity index (χ4n) is 2.50. The van der Waals surface area contributed by atoms with Gasteiger partial charge in [0.25, 0.3) is 5.56 Å². The lowest BCUT2D eigenvalue weighted by atomic mass is 10.2. The molecule has 0 amide bonds. The first-order valence-electron chi connectivity index (χ1n) is 6.72. The summed E-state index contributed by atoms with van der Waals surface area (Å²) in [4.78, 5) is 17.0. The van der Waals surface area contributed by atoms with E-state index < -0.39 is 0 Å². The molecule has 0 aliphatic rings. The first kappa shape index (κ1) is 12.3. The van der Waals surface area contributed by atoms with Crippen LogP contribution >= 0.6 is 11.3 Å². The number of thiophene rings is 1. The predicted molar refractivity (Wildman–Crippen MR) is 86.9 cm³/mol. The van der Waals surface area contributed by atoms with Gasteiger partial charge in [-0.15, -0.1) is 11.3 Å². The normalized spacial score (nSPS) is 11.2. The van der Waals surface area contributed by atoms with Crippen LogP contribution in [0.4, 0.5) is 0 Å². The van der Waals surface area contributed by atoms with Gasteiger partial charge in [-0.2, -0.15) is 0 Å². The number of aromatic nitrogens is 2. The number of hydrogen-bond donors (Lipinski definition) is 0. The smallest absolute Gasteiger partial charge is 0.259 e. The summed E-state index contributed by atoms with van der Waals surface area (Å²) < 4.78 is 2.74. The third-order valence-electron chi connectivity index (χ3n) is 3.58. The first-order valence-corrected chi connectivity index (χ1v) is 7.60. The van der Waals surface area contributed by atoms with Gasteiger partial charge in [-0.1, -0.05) is 24.3 Å². The molecule has 0 spiro atoms. The molecule has 4 heteroatoms. The highest BCUT2D eigenvalue weighted by molar-refractivity contribution is 7.17. The lowest BCUT2D eigenvalue weighted by molar-refractivity contribution is 0.751. The second kappa shape index (κ2) is 4.82. The summed E-state index contributed by atoms with van der Waals surface area (Å²) in [6.07, 6.45) is 1.85. The van der Waals surface area contributed by atoms with Crippen molar-refractivity contribution in [3.8, 4) is 0 Å². The summed E-state index contributed by atoms with van der Waals surface area (Å²) in [5, 5.41) is 3.84. The molecule has 0 radical (unpaired) electrons. The average Bonchev–Trinajstić information content (AvgIpc) is 2.99. The Kier molecular flexibility index (Phi) is 2.82. The van der Waals surface area contributed by atoms with Crippen molar-refractivity contribution in [3.05, 3.63) is 76.2 Å². The van der Waals surface area contributed by atoms with Gasteiger partial charge in [0.15, 0.2) is 0 Å². The molecule has 0 aliphatic heterocycles. The molecule has 0 saturated carbocycles. The maximum absolute atomic E-state index is 12.4. The van der Waals surface area contributed by atoms with Crippen molar-refractivity contribution in [2.45, 2.75) is 6.54 Å². The molecule has 0 unspecified atom stereocenters. The fourth-order valence-corrected chi connectivity index (χ4v) is 3.27. The summed E-state index contributed by atoms with van der Waals surface area (Å²) in [6.45, 7) is 0.495. The van der Waals surface area contributed by atoms with E-state index >= 15 is 0 Å². The van der Waals surface area contributed by atoms with Crippen LogP contribution in [0.1, 0.15) is 5.69 Å². The second-order valence-electron chi connectivity index (χ2n) is 4.94. The van der Waals surface area contributed by atoms with E-state index in [2.05, 4.69) is 4.98 Å². The maximum Gasteiger partial charge on any atom is 0.259 e. The van der Waals surface area contributed by atoms with Gasteiger partial charge in [0.1, 0.15) is 0 Å². The van der Waals surface area contributed by atoms with Gasteiger partial charge in [-0.3, -0.25) is 9.78 Å². The Morgan fingerprint density at radius 3 is 2.90 bits per heavy atom. The summed E-state index contributed by atoms with van der Waals surface area (Å²) >= 11 is 1.59. The molecule has 3 heterocycles. The Hall–Kier alpha value is -2.46.